The number of nitrogens with one attached hydrogen (secondary N) is 1. The molecule has 1 amide bonds. The highest BCUT2D eigenvalue weighted by atomic mass is 16.5. The topological polar surface area (TPSA) is 63.8 Å². The Morgan fingerprint density at radius 1 is 1.33 bits per heavy atom. The van der Waals surface area contributed by atoms with Gasteiger partial charge in [0, 0.05) is 6.21 Å². The molecule has 1 aromatic heterocycles. The summed E-state index contributed by atoms with van der Waals surface area (Å²) >= 11 is 0. The van der Waals surface area contributed by atoms with Crippen molar-refractivity contribution in [3.63, 3.8) is 0 Å². The quantitative estimate of drug-likeness (QED) is 0.655. The Balaban J connectivity index is 1.68. The lowest BCUT2D eigenvalue weighted by Gasteiger charge is -2.04. The molecule has 5 nitrogen and oxygen atoms in total. The number of rotatable bonds is 6. The highest BCUT2D eigenvalue weighted by molar-refractivity contribution is 5.81. The van der Waals surface area contributed by atoms with E-state index in [9.17, 15) is 4.79 Å². The van der Waals surface area contributed by atoms with Gasteiger partial charge >= 0.3 is 0 Å². The lowest BCUT2D eigenvalue weighted by Crippen LogP contribution is -2.24. The average molecular weight is 284 g/mol. The summed E-state index contributed by atoms with van der Waals surface area (Å²) in [6.07, 6.45) is 6.45. The number of nitrogens with zero attached hydrogens (tertiary/aromatic N) is 1. The van der Waals surface area contributed by atoms with Gasteiger partial charge in [-0.1, -0.05) is 17.7 Å². The van der Waals surface area contributed by atoms with Crippen LogP contribution in [0.4, 0.5) is 0 Å². The van der Waals surface area contributed by atoms with Crippen LogP contribution >= 0.6 is 0 Å². The predicted octanol–water partition coefficient (Wildman–Crippen LogP) is 2.78. The van der Waals surface area contributed by atoms with Crippen molar-refractivity contribution in [2.24, 2.45) is 5.10 Å². The van der Waals surface area contributed by atoms with Crippen LogP contribution in [0.2, 0.25) is 0 Å². The van der Waals surface area contributed by atoms with Gasteiger partial charge in [0.2, 0.25) is 0 Å². The molecule has 0 bridgehead atoms. The number of benzene rings is 1. The van der Waals surface area contributed by atoms with Crippen LogP contribution in [0.3, 0.4) is 0 Å². The number of hydrazone groups is 1. The Labute approximate surface area is 122 Å². The minimum Gasteiger partial charge on any atom is -0.484 e. The second-order valence-electron chi connectivity index (χ2n) is 4.29. The molecule has 0 unspecified atom stereocenters. The first-order valence-corrected chi connectivity index (χ1v) is 6.45. The van der Waals surface area contributed by atoms with E-state index >= 15 is 0 Å². The monoisotopic (exact) mass is 284 g/mol. The molecule has 2 rings (SSSR count). The third-order valence-corrected chi connectivity index (χ3v) is 2.54. The third kappa shape index (κ3) is 5.36. The molecule has 0 aliphatic carbocycles. The lowest BCUT2D eigenvalue weighted by molar-refractivity contribution is -0.123. The highest BCUT2D eigenvalue weighted by Gasteiger charge is 2.00. The van der Waals surface area contributed by atoms with Gasteiger partial charge in [-0.3, -0.25) is 4.79 Å². The van der Waals surface area contributed by atoms with E-state index in [-0.39, 0.29) is 12.5 Å². The Morgan fingerprint density at radius 2 is 2.14 bits per heavy atom. The number of hydrogen-bond donors (Lipinski definition) is 1. The van der Waals surface area contributed by atoms with Gasteiger partial charge in [-0.2, -0.15) is 5.10 Å². The largest absolute Gasteiger partial charge is 0.484 e. The average Bonchev–Trinajstić information content (AvgIpc) is 2.99. The molecule has 1 N–H and O–H groups in total. The molecule has 0 saturated carbocycles. The standard InChI is InChI=1S/C16H16N2O3/c1-13-6-8-15(9-7-13)21-12-16(19)18-17-10-2-4-14-5-3-11-20-14/h2-11H,12H2,1H3,(H,18,19)/b4-2+,17-10?. The molecule has 0 aliphatic rings. The van der Waals surface area contributed by atoms with E-state index < -0.39 is 0 Å². The number of amides is 1. The maximum absolute atomic E-state index is 11.5. The zero-order valence-corrected chi connectivity index (χ0v) is 11.7. The molecule has 2 aromatic rings. The maximum Gasteiger partial charge on any atom is 0.277 e. The van der Waals surface area contributed by atoms with Crippen molar-refractivity contribution in [1.82, 2.24) is 5.43 Å². The zero-order valence-electron chi connectivity index (χ0n) is 11.7. The molecular weight excluding hydrogens is 268 g/mol. The van der Waals surface area contributed by atoms with Crippen molar-refractivity contribution in [3.05, 3.63) is 60.1 Å². The van der Waals surface area contributed by atoms with Crippen molar-refractivity contribution in [1.29, 1.82) is 0 Å². The Morgan fingerprint density at radius 3 is 2.86 bits per heavy atom. The molecule has 5 heteroatoms. The van der Waals surface area contributed by atoms with Crippen LogP contribution in [0, 0.1) is 6.92 Å². The van der Waals surface area contributed by atoms with Crippen LogP contribution in [0.25, 0.3) is 6.08 Å². The smallest absolute Gasteiger partial charge is 0.277 e. The fraction of sp³-hybridized carbons (Fsp3) is 0.125. The maximum atomic E-state index is 11.5. The minimum absolute atomic E-state index is 0.0811. The zero-order chi connectivity index (χ0) is 14.9. The van der Waals surface area contributed by atoms with Gasteiger partial charge in [0.15, 0.2) is 6.61 Å². The molecule has 21 heavy (non-hydrogen) atoms. The number of aryl methyl sites for hydroxylation is 1. The summed E-state index contributed by atoms with van der Waals surface area (Å²) in [5.74, 6) is 1.05. The molecule has 108 valence electrons. The van der Waals surface area contributed by atoms with E-state index in [2.05, 4.69) is 10.5 Å². The molecule has 0 fully saturated rings. The number of ether oxygens (including phenoxy) is 1. The molecule has 0 radical (unpaired) electrons. The molecule has 0 atom stereocenters. The van der Waals surface area contributed by atoms with Crippen molar-refractivity contribution in [3.8, 4) is 5.75 Å². The molecule has 0 aliphatic heterocycles. The molecular formula is C16H16N2O3. The first-order valence-electron chi connectivity index (χ1n) is 6.45. The number of furan rings is 1. The normalized spacial score (nSPS) is 11.1. The van der Waals surface area contributed by atoms with Crippen molar-refractivity contribution in [2.75, 3.05) is 6.61 Å². The lowest BCUT2D eigenvalue weighted by atomic mass is 10.2. The van der Waals surface area contributed by atoms with E-state index in [0.717, 1.165) is 11.3 Å². The van der Waals surface area contributed by atoms with Gasteiger partial charge in [0.1, 0.15) is 11.5 Å². The van der Waals surface area contributed by atoms with E-state index in [1.54, 1.807) is 24.5 Å². The minimum atomic E-state index is -0.321. The summed E-state index contributed by atoms with van der Waals surface area (Å²) < 4.78 is 10.4. The Kier molecular flexibility index (Phi) is 5.34. The second-order valence-corrected chi connectivity index (χ2v) is 4.29. The number of hydrogen-bond acceptors (Lipinski definition) is 4. The summed E-state index contributed by atoms with van der Waals surface area (Å²) in [5.41, 5.74) is 3.51. The van der Waals surface area contributed by atoms with E-state index in [1.165, 1.54) is 6.21 Å². The van der Waals surface area contributed by atoms with Gasteiger partial charge < -0.3 is 9.15 Å². The molecule has 0 spiro atoms. The highest BCUT2D eigenvalue weighted by Crippen LogP contribution is 2.10. The number of carbonyl (C=O) groups is 1. The number of carbonyl (C=O) groups excluding carboxylic acids is 1. The van der Waals surface area contributed by atoms with Crippen LogP contribution in [-0.2, 0) is 4.79 Å². The first-order chi connectivity index (χ1) is 10.2. The summed E-state index contributed by atoms with van der Waals surface area (Å²) in [6, 6.07) is 11.1. The van der Waals surface area contributed by atoms with Crippen molar-refractivity contribution in [2.45, 2.75) is 6.92 Å². The molecule has 1 heterocycles. The number of allylic oxidation sites excluding steroid dienone is 1. The summed E-state index contributed by atoms with van der Waals surface area (Å²) in [5, 5.41) is 3.76. The van der Waals surface area contributed by atoms with Crippen molar-refractivity contribution < 1.29 is 13.9 Å². The summed E-state index contributed by atoms with van der Waals surface area (Å²) in [6.45, 7) is 1.91. The van der Waals surface area contributed by atoms with Crippen molar-refractivity contribution >= 4 is 18.2 Å². The van der Waals surface area contributed by atoms with Gasteiger partial charge in [0.05, 0.1) is 6.26 Å². The predicted molar refractivity (Wildman–Crippen MR) is 81.1 cm³/mol. The summed E-state index contributed by atoms with van der Waals surface area (Å²) in [4.78, 5) is 11.5. The van der Waals surface area contributed by atoms with Gasteiger partial charge in [0.25, 0.3) is 5.91 Å². The molecule has 1 aromatic carbocycles. The SMILES string of the molecule is Cc1ccc(OCC(=O)NN=C/C=C/c2ccco2)cc1. The first kappa shape index (κ1) is 14.6. The Bertz CT molecular complexity index is 613. The molecule has 0 saturated heterocycles. The van der Waals surface area contributed by atoms with E-state index in [0.29, 0.717) is 5.75 Å². The fourth-order valence-corrected chi connectivity index (χ4v) is 1.49. The van der Waals surface area contributed by atoms with Crippen LogP contribution in [-0.4, -0.2) is 18.7 Å². The van der Waals surface area contributed by atoms with Crippen LogP contribution in [0.5, 0.6) is 5.75 Å². The Hall–Kier alpha value is -2.82. The van der Waals surface area contributed by atoms with E-state index in [1.807, 2.05) is 37.3 Å². The summed E-state index contributed by atoms with van der Waals surface area (Å²) in [7, 11) is 0. The third-order valence-electron chi connectivity index (χ3n) is 2.54. The van der Waals surface area contributed by atoms with Gasteiger partial charge in [-0.05, 0) is 43.3 Å². The van der Waals surface area contributed by atoms with Crippen LogP contribution in [0.15, 0.2) is 58.3 Å². The fourth-order valence-electron chi connectivity index (χ4n) is 1.49. The van der Waals surface area contributed by atoms with Gasteiger partial charge in [-0.25, -0.2) is 5.43 Å². The van der Waals surface area contributed by atoms with Crippen LogP contribution in [0.1, 0.15) is 11.3 Å². The van der Waals surface area contributed by atoms with Crippen LogP contribution < -0.4 is 10.2 Å². The van der Waals surface area contributed by atoms with E-state index in [4.69, 9.17) is 9.15 Å². The second kappa shape index (κ2) is 7.69. The van der Waals surface area contributed by atoms with Gasteiger partial charge in [-0.15, -0.1) is 0 Å².